The number of hydrogen-bond acceptors (Lipinski definition) is 5. The van der Waals surface area contributed by atoms with Gasteiger partial charge in [0.1, 0.15) is 11.2 Å². The molecule has 0 unspecified atom stereocenters. The van der Waals surface area contributed by atoms with Gasteiger partial charge in [0, 0.05) is 29.4 Å². The van der Waals surface area contributed by atoms with Gasteiger partial charge in [-0.15, -0.1) is 0 Å². The highest BCUT2D eigenvalue weighted by Crippen LogP contribution is 2.50. The van der Waals surface area contributed by atoms with E-state index in [1.807, 2.05) is 18.7 Å². The van der Waals surface area contributed by atoms with Gasteiger partial charge in [-0.05, 0) is 56.3 Å². The van der Waals surface area contributed by atoms with Crippen LogP contribution in [0.3, 0.4) is 0 Å². The van der Waals surface area contributed by atoms with Crippen LogP contribution in [0, 0.1) is 11.6 Å². The largest absolute Gasteiger partial charge is 0.505 e. The van der Waals surface area contributed by atoms with Gasteiger partial charge in [0.15, 0.2) is 17.4 Å². The Morgan fingerprint density at radius 2 is 1.79 bits per heavy atom. The van der Waals surface area contributed by atoms with Crippen molar-refractivity contribution in [2.75, 3.05) is 16.3 Å². The number of aromatic amines is 1. The minimum atomic E-state index is -1.05. The number of rotatable bonds is 3. The number of phenols is 1. The summed E-state index contributed by atoms with van der Waals surface area (Å²) in [4.78, 5) is 14.9. The molecule has 3 N–H and O–H groups in total. The molecule has 1 aromatic heterocycles. The minimum Gasteiger partial charge on any atom is -0.505 e. The van der Waals surface area contributed by atoms with Gasteiger partial charge >= 0.3 is 5.97 Å². The molecule has 0 saturated heterocycles. The Hall–Kier alpha value is -4.14. The second-order valence-electron chi connectivity index (χ2n) is 8.61. The molecule has 0 spiro atoms. The summed E-state index contributed by atoms with van der Waals surface area (Å²) in [7, 11) is 0. The van der Waals surface area contributed by atoms with Gasteiger partial charge in [-0.3, -0.25) is 5.10 Å². The molecule has 5 rings (SSSR count). The fourth-order valence-corrected chi connectivity index (χ4v) is 4.45. The number of fused-ring (bicyclic) bond motifs is 2. The summed E-state index contributed by atoms with van der Waals surface area (Å²) in [5.41, 5.74) is 1.62. The number of nitrogens with zero attached hydrogens (tertiary/aromatic N) is 3. The molecule has 4 aromatic rings. The van der Waals surface area contributed by atoms with Crippen molar-refractivity contribution in [3.63, 3.8) is 0 Å². The number of phenolic OH excluding ortho intramolecular Hbond substituents is 1. The fourth-order valence-electron chi connectivity index (χ4n) is 4.45. The van der Waals surface area contributed by atoms with Crippen LogP contribution in [0.15, 0.2) is 54.7 Å². The first-order chi connectivity index (χ1) is 15.7. The van der Waals surface area contributed by atoms with Gasteiger partial charge in [-0.2, -0.15) is 5.10 Å². The number of H-pyrrole nitrogens is 1. The number of aromatic hydroxyl groups is 1. The van der Waals surface area contributed by atoms with Crippen molar-refractivity contribution in [3.05, 3.63) is 71.9 Å². The summed E-state index contributed by atoms with van der Waals surface area (Å²) in [6, 6.07) is 12.0. The predicted octanol–water partition coefficient (Wildman–Crippen LogP) is 5.31. The second-order valence-corrected chi connectivity index (χ2v) is 8.61. The van der Waals surface area contributed by atoms with E-state index < -0.39 is 28.9 Å². The Kier molecular flexibility index (Phi) is 4.52. The highest BCUT2D eigenvalue weighted by molar-refractivity contribution is 5.96. The number of carboxylic acids is 1. The molecule has 0 saturated carbocycles. The number of aromatic carboxylic acids is 1. The van der Waals surface area contributed by atoms with Gasteiger partial charge in [-0.25, -0.2) is 13.6 Å². The Morgan fingerprint density at radius 1 is 1.09 bits per heavy atom. The smallest absolute Gasteiger partial charge is 0.335 e. The zero-order chi connectivity index (χ0) is 23.5. The Labute approximate surface area is 187 Å². The quantitative estimate of drug-likeness (QED) is 0.392. The maximum Gasteiger partial charge on any atom is 0.335 e. The van der Waals surface area contributed by atoms with Crippen LogP contribution in [0.25, 0.3) is 10.9 Å². The summed E-state index contributed by atoms with van der Waals surface area (Å²) < 4.78 is 29.6. The molecule has 9 heteroatoms. The lowest BCUT2D eigenvalue weighted by molar-refractivity contribution is 0.0697. The lowest BCUT2D eigenvalue weighted by atomic mass is 9.93. The molecule has 0 aliphatic carbocycles. The molecule has 33 heavy (non-hydrogen) atoms. The van der Waals surface area contributed by atoms with Gasteiger partial charge in [0.05, 0.1) is 23.0 Å². The van der Waals surface area contributed by atoms with Crippen molar-refractivity contribution in [1.29, 1.82) is 0 Å². The highest BCUT2D eigenvalue weighted by atomic mass is 19.1. The Balaban J connectivity index is 1.76. The lowest BCUT2D eigenvalue weighted by Crippen LogP contribution is -2.53. The third-order valence-corrected chi connectivity index (χ3v) is 5.91. The van der Waals surface area contributed by atoms with Gasteiger partial charge in [-0.1, -0.05) is 0 Å². The molecule has 1 aliphatic heterocycles. The Morgan fingerprint density at radius 3 is 2.45 bits per heavy atom. The first-order valence-corrected chi connectivity index (χ1v) is 10.2. The average molecular weight is 450 g/mol. The highest BCUT2D eigenvalue weighted by Gasteiger charge is 2.41. The number of hydrogen-bond donors (Lipinski definition) is 3. The molecule has 0 bridgehead atoms. The summed E-state index contributed by atoms with van der Waals surface area (Å²) in [6.45, 7) is 4.22. The molecule has 0 radical (unpaired) electrons. The average Bonchev–Trinajstić information content (AvgIpc) is 3.24. The third kappa shape index (κ3) is 3.24. The molecule has 7 nitrogen and oxygen atoms in total. The van der Waals surface area contributed by atoms with Crippen molar-refractivity contribution >= 4 is 39.6 Å². The van der Waals surface area contributed by atoms with E-state index in [0.29, 0.717) is 29.0 Å². The molecule has 0 amide bonds. The van der Waals surface area contributed by atoms with Crippen molar-refractivity contribution in [1.82, 2.24) is 10.2 Å². The summed E-state index contributed by atoms with van der Waals surface area (Å²) >= 11 is 0. The van der Waals surface area contributed by atoms with E-state index in [2.05, 4.69) is 10.2 Å². The van der Waals surface area contributed by atoms with Crippen LogP contribution in [0.4, 0.5) is 31.5 Å². The first-order valence-electron chi connectivity index (χ1n) is 10.2. The number of benzene rings is 3. The van der Waals surface area contributed by atoms with Crippen LogP contribution in [-0.4, -0.2) is 38.5 Å². The molecule has 0 fully saturated rings. The van der Waals surface area contributed by atoms with Crippen LogP contribution in [-0.2, 0) is 0 Å². The van der Waals surface area contributed by atoms with E-state index >= 15 is 4.39 Å². The molecule has 168 valence electrons. The first kappa shape index (κ1) is 20.7. The van der Waals surface area contributed by atoms with Crippen molar-refractivity contribution in [3.8, 4) is 5.75 Å². The van der Waals surface area contributed by atoms with E-state index in [0.717, 1.165) is 0 Å². The van der Waals surface area contributed by atoms with Gasteiger partial charge < -0.3 is 20.0 Å². The molecule has 0 atom stereocenters. The molecule has 3 aromatic carbocycles. The number of carbonyl (C=O) groups is 1. The normalized spacial score (nSPS) is 15.0. The summed E-state index contributed by atoms with van der Waals surface area (Å²) in [6.07, 6.45) is 1.52. The summed E-state index contributed by atoms with van der Waals surface area (Å²) in [5, 5.41) is 26.4. The fraction of sp³-hybridized carbons (Fsp3) is 0.167. The molecular formula is C24H20F2N4O3. The van der Waals surface area contributed by atoms with Crippen LogP contribution in [0.2, 0.25) is 0 Å². The number of aromatic nitrogens is 2. The van der Waals surface area contributed by atoms with E-state index in [-0.39, 0.29) is 16.8 Å². The number of nitrogens with one attached hydrogen (secondary N) is 1. The van der Waals surface area contributed by atoms with E-state index in [9.17, 15) is 19.4 Å². The van der Waals surface area contributed by atoms with E-state index in [1.54, 1.807) is 23.1 Å². The van der Waals surface area contributed by atoms with Crippen molar-refractivity contribution in [2.24, 2.45) is 0 Å². The zero-order valence-corrected chi connectivity index (χ0v) is 17.8. The number of carboxylic acid groups (broad SMARTS) is 1. The van der Waals surface area contributed by atoms with Crippen LogP contribution in [0.5, 0.6) is 5.75 Å². The molecule has 1 aliphatic rings. The van der Waals surface area contributed by atoms with Crippen LogP contribution in [0.1, 0.15) is 24.2 Å². The van der Waals surface area contributed by atoms with Gasteiger partial charge in [0.2, 0.25) is 0 Å². The van der Waals surface area contributed by atoms with Crippen molar-refractivity contribution in [2.45, 2.75) is 19.4 Å². The third-order valence-electron chi connectivity index (χ3n) is 5.91. The van der Waals surface area contributed by atoms with Crippen LogP contribution < -0.4 is 9.80 Å². The second kappa shape index (κ2) is 7.19. The van der Waals surface area contributed by atoms with E-state index in [4.69, 9.17) is 0 Å². The van der Waals surface area contributed by atoms with Crippen LogP contribution >= 0.6 is 0 Å². The maximum atomic E-state index is 15.9. The molecule has 2 heterocycles. The minimum absolute atomic E-state index is 0.128. The standard InChI is InChI=1S/C24H20F2N4O3/c1-24(2)12-29(15-5-3-13(4-6-15)23(32)33)22-18(9-14-11-27-28-21(14)20(22)26)30(24)16-7-8-17(25)19(31)10-16/h3-11,31H,12H2,1-2H3,(H,27,28)(H,32,33). The SMILES string of the molecule is CC1(C)CN(c2ccc(C(=O)O)cc2)c2c(cc3cn[nH]c3c2F)N1c1ccc(F)c(O)c1. The lowest BCUT2D eigenvalue weighted by Gasteiger charge is -2.50. The summed E-state index contributed by atoms with van der Waals surface area (Å²) in [5.74, 6) is -2.81. The van der Waals surface area contributed by atoms with Crippen molar-refractivity contribution < 1.29 is 23.8 Å². The van der Waals surface area contributed by atoms with E-state index in [1.165, 1.54) is 36.5 Å². The number of halogens is 2. The number of anilines is 4. The zero-order valence-electron chi connectivity index (χ0n) is 17.8. The topological polar surface area (TPSA) is 92.7 Å². The molecular weight excluding hydrogens is 430 g/mol. The predicted molar refractivity (Wildman–Crippen MR) is 121 cm³/mol. The Bertz CT molecular complexity index is 1400. The van der Waals surface area contributed by atoms with Gasteiger partial charge in [0.25, 0.3) is 0 Å². The maximum absolute atomic E-state index is 15.9. The monoisotopic (exact) mass is 450 g/mol.